The Kier molecular flexibility index (Phi) is 3.89. The second kappa shape index (κ2) is 5.15. The molecule has 106 valence electrons. The molecule has 4 atom stereocenters. The lowest BCUT2D eigenvalue weighted by molar-refractivity contribution is -0.105. The Hall–Kier alpha value is -1.05. The van der Waals surface area contributed by atoms with Crippen LogP contribution in [0, 0.1) is 10.7 Å². The minimum Gasteiger partial charge on any atom is -0.388 e. The quantitative estimate of drug-likeness (QED) is 0.828. The number of hydrogen-bond acceptors (Lipinski definition) is 4. The third-order valence-electron chi connectivity index (χ3n) is 3.94. The highest BCUT2D eigenvalue weighted by atomic mass is 32.1. The molecule has 1 aromatic heterocycles. The Morgan fingerprint density at radius 3 is 2.84 bits per heavy atom. The molecule has 0 amide bonds. The van der Waals surface area contributed by atoms with Gasteiger partial charge in [0.25, 0.3) is 5.56 Å². The molecule has 1 fully saturated rings. The molecule has 1 unspecified atom stereocenters. The van der Waals surface area contributed by atoms with Crippen LogP contribution < -0.4 is 5.56 Å². The predicted octanol–water partition coefficient (Wildman–Crippen LogP) is 1.55. The molecule has 1 aliphatic rings. The number of alkyl halides is 1. The molecule has 0 radical (unpaired) electrons. The predicted molar refractivity (Wildman–Crippen MR) is 70.2 cm³/mol. The van der Waals surface area contributed by atoms with E-state index in [4.69, 9.17) is 17.0 Å². The van der Waals surface area contributed by atoms with Crippen molar-refractivity contribution in [3.8, 4) is 0 Å². The van der Waals surface area contributed by atoms with Crippen molar-refractivity contribution in [2.45, 2.75) is 38.2 Å². The van der Waals surface area contributed by atoms with Crippen LogP contribution in [0.3, 0.4) is 0 Å². The van der Waals surface area contributed by atoms with Gasteiger partial charge in [0.15, 0.2) is 11.0 Å². The number of aliphatic hydroxyl groups excluding tert-OH is 1. The minimum absolute atomic E-state index is 0.148. The molecule has 0 spiro atoms. The Morgan fingerprint density at radius 1 is 1.68 bits per heavy atom. The standard InChI is InChI=1S/C12H17FN2O3S/c1-3-12(6-13)7(2)9(17)10(18-12)15-5-4-8(16)14-11(15)19/h4-5,7,9-10,17H,3,6H2,1-2H3,(H,14,16,19)/t7-,9+,10?,12-/m0/s1. The van der Waals surface area contributed by atoms with Gasteiger partial charge in [-0.25, -0.2) is 4.39 Å². The Bertz CT molecular complexity index is 567. The molecule has 0 aromatic carbocycles. The molecule has 7 heteroatoms. The average Bonchev–Trinajstić information content (AvgIpc) is 2.64. The number of aromatic nitrogens is 2. The van der Waals surface area contributed by atoms with Crippen LogP contribution in [0.25, 0.3) is 0 Å². The summed E-state index contributed by atoms with van der Waals surface area (Å²) in [4.78, 5) is 13.6. The first kappa shape index (κ1) is 14.4. The number of aliphatic hydroxyl groups is 1. The molecule has 0 aliphatic carbocycles. The first-order valence-corrected chi connectivity index (χ1v) is 6.59. The second-order valence-corrected chi connectivity index (χ2v) is 5.24. The smallest absolute Gasteiger partial charge is 0.251 e. The Morgan fingerprint density at radius 2 is 2.37 bits per heavy atom. The topological polar surface area (TPSA) is 67.2 Å². The van der Waals surface area contributed by atoms with Gasteiger partial charge in [-0.05, 0) is 18.6 Å². The van der Waals surface area contributed by atoms with E-state index in [9.17, 15) is 14.3 Å². The van der Waals surface area contributed by atoms with E-state index in [2.05, 4.69) is 4.98 Å². The second-order valence-electron chi connectivity index (χ2n) is 4.86. The van der Waals surface area contributed by atoms with Crippen LogP contribution in [-0.4, -0.2) is 33.0 Å². The van der Waals surface area contributed by atoms with Crippen molar-refractivity contribution in [2.24, 2.45) is 5.92 Å². The van der Waals surface area contributed by atoms with E-state index in [-0.39, 0.29) is 16.2 Å². The van der Waals surface area contributed by atoms with Gasteiger partial charge in [-0.15, -0.1) is 0 Å². The zero-order valence-corrected chi connectivity index (χ0v) is 11.6. The first-order chi connectivity index (χ1) is 8.95. The Labute approximate surface area is 115 Å². The summed E-state index contributed by atoms with van der Waals surface area (Å²) in [6, 6.07) is 1.29. The molecule has 0 bridgehead atoms. The van der Waals surface area contributed by atoms with Crippen molar-refractivity contribution in [3.05, 3.63) is 27.4 Å². The molecule has 1 aromatic rings. The zero-order valence-electron chi connectivity index (χ0n) is 10.8. The highest BCUT2D eigenvalue weighted by molar-refractivity contribution is 7.71. The monoisotopic (exact) mass is 288 g/mol. The van der Waals surface area contributed by atoms with Crippen molar-refractivity contribution >= 4 is 12.2 Å². The normalized spacial score (nSPS) is 34.6. The number of rotatable bonds is 3. The van der Waals surface area contributed by atoms with Gasteiger partial charge in [0, 0.05) is 18.2 Å². The van der Waals surface area contributed by atoms with Gasteiger partial charge in [0.1, 0.15) is 18.4 Å². The van der Waals surface area contributed by atoms with E-state index < -0.39 is 24.6 Å². The molecule has 2 rings (SSSR count). The Balaban J connectivity index is 2.42. The van der Waals surface area contributed by atoms with Crippen molar-refractivity contribution < 1.29 is 14.2 Å². The number of nitrogens with zero attached hydrogens (tertiary/aromatic N) is 1. The number of aromatic amines is 1. The van der Waals surface area contributed by atoms with Crippen LogP contribution in [-0.2, 0) is 4.74 Å². The van der Waals surface area contributed by atoms with Gasteiger partial charge >= 0.3 is 0 Å². The van der Waals surface area contributed by atoms with Gasteiger partial charge < -0.3 is 9.84 Å². The van der Waals surface area contributed by atoms with Crippen LogP contribution in [0.2, 0.25) is 0 Å². The molecule has 19 heavy (non-hydrogen) atoms. The van der Waals surface area contributed by atoms with Crippen LogP contribution in [0.4, 0.5) is 4.39 Å². The number of halogens is 1. The fourth-order valence-electron chi connectivity index (χ4n) is 2.48. The number of ether oxygens (including phenoxy) is 1. The van der Waals surface area contributed by atoms with Gasteiger partial charge in [0.05, 0.1) is 0 Å². The summed E-state index contributed by atoms with van der Waals surface area (Å²) in [7, 11) is 0. The maximum absolute atomic E-state index is 13.3. The van der Waals surface area contributed by atoms with Crippen LogP contribution in [0.15, 0.2) is 17.1 Å². The minimum atomic E-state index is -1.00. The first-order valence-electron chi connectivity index (χ1n) is 6.18. The summed E-state index contributed by atoms with van der Waals surface area (Å²) in [5, 5.41) is 10.3. The fourth-order valence-corrected chi connectivity index (χ4v) is 2.74. The molecule has 1 saturated heterocycles. The highest BCUT2D eigenvalue weighted by Crippen LogP contribution is 2.43. The van der Waals surface area contributed by atoms with Crippen molar-refractivity contribution in [3.63, 3.8) is 0 Å². The SMILES string of the molecule is CC[C@@]1(CF)OC(n2ccc(=O)[nH]c2=S)[C@H](O)[C@@H]1C. The van der Waals surface area contributed by atoms with E-state index in [0.29, 0.717) is 6.42 Å². The fraction of sp³-hybridized carbons (Fsp3) is 0.667. The molecule has 5 nitrogen and oxygen atoms in total. The summed E-state index contributed by atoms with van der Waals surface area (Å²) in [6.45, 7) is 2.90. The van der Waals surface area contributed by atoms with Gasteiger partial charge in [-0.2, -0.15) is 0 Å². The lowest BCUT2D eigenvalue weighted by Gasteiger charge is -2.28. The van der Waals surface area contributed by atoms with Crippen LogP contribution in [0.1, 0.15) is 26.5 Å². The summed E-state index contributed by atoms with van der Waals surface area (Å²) in [5.74, 6) is -0.360. The van der Waals surface area contributed by atoms with Crippen molar-refractivity contribution in [2.75, 3.05) is 6.67 Å². The van der Waals surface area contributed by atoms with Crippen molar-refractivity contribution in [1.29, 1.82) is 0 Å². The van der Waals surface area contributed by atoms with Gasteiger partial charge in [-0.1, -0.05) is 13.8 Å². The summed E-state index contributed by atoms with van der Waals surface area (Å²) in [5.41, 5.74) is -1.33. The van der Waals surface area contributed by atoms with Gasteiger partial charge in [-0.3, -0.25) is 14.3 Å². The maximum atomic E-state index is 13.3. The molecular weight excluding hydrogens is 271 g/mol. The highest BCUT2D eigenvalue weighted by Gasteiger charge is 2.52. The lowest BCUT2D eigenvalue weighted by Crippen LogP contribution is -2.38. The average molecular weight is 288 g/mol. The van der Waals surface area contributed by atoms with E-state index in [1.807, 2.05) is 6.92 Å². The van der Waals surface area contributed by atoms with Crippen LogP contribution >= 0.6 is 12.2 Å². The third kappa shape index (κ3) is 2.26. The van der Waals surface area contributed by atoms with Crippen LogP contribution in [0.5, 0.6) is 0 Å². The number of nitrogens with one attached hydrogen (secondary N) is 1. The number of H-pyrrole nitrogens is 1. The summed E-state index contributed by atoms with van der Waals surface area (Å²) in [6.07, 6.45) is 0.240. The summed E-state index contributed by atoms with van der Waals surface area (Å²) >= 11 is 5.04. The summed E-state index contributed by atoms with van der Waals surface area (Å²) < 4.78 is 20.6. The molecule has 1 aliphatic heterocycles. The van der Waals surface area contributed by atoms with E-state index in [1.54, 1.807) is 6.92 Å². The molecule has 2 heterocycles. The van der Waals surface area contributed by atoms with E-state index in [1.165, 1.54) is 16.8 Å². The van der Waals surface area contributed by atoms with Gasteiger partial charge in [0.2, 0.25) is 0 Å². The maximum Gasteiger partial charge on any atom is 0.251 e. The zero-order chi connectivity index (χ0) is 14.2. The van der Waals surface area contributed by atoms with Crippen molar-refractivity contribution in [1.82, 2.24) is 9.55 Å². The largest absolute Gasteiger partial charge is 0.388 e. The number of hydrogen-bond donors (Lipinski definition) is 2. The third-order valence-corrected chi connectivity index (χ3v) is 4.25. The molecule has 0 saturated carbocycles. The van der Waals surface area contributed by atoms with E-state index in [0.717, 1.165) is 0 Å². The lowest BCUT2D eigenvalue weighted by atomic mass is 9.86. The van der Waals surface area contributed by atoms with E-state index >= 15 is 0 Å². The molecule has 2 N–H and O–H groups in total. The molecular formula is C12H17FN2O3S.